The summed E-state index contributed by atoms with van der Waals surface area (Å²) in [5, 5.41) is 0. The molecule has 6 heteroatoms. The van der Waals surface area contributed by atoms with Crippen LogP contribution in [0.3, 0.4) is 0 Å². The zero-order valence-electron chi connectivity index (χ0n) is 22.0. The van der Waals surface area contributed by atoms with E-state index in [1.165, 1.54) is 0 Å². The van der Waals surface area contributed by atoms with Crippen molar-refractivity contribution >= 4 is 5.97 Å². The highest BCUT2D eigenvalue weighted by Crippen LogP contribution is 2.31. The molecule has 2 saturated heterocycles. The highest BCUT2D eigenvalue weighted by atomic mass is 16.6. The van der Waals surface area contributed by atoms with Crippen LogP contribution in [0.25, 0.3) is 22.3 Å². The van der Waals surface area contributed by atoms with Crippen molar-refractivity contribution in [3.05, 3.63) is 102 Å². The molecule has 2 aliphatic rings. The molecule has 0 bridgehead atoms. The maximum Gasteiger partial charge on any atom is 0.343 e. The van der Waals surface area contributed by atoms with Gasteiger partial charge < -0.3 is 23.7 Å². The van der Waals surface area contributed by atoms with Gasteiger partial charge in [0.05, 0.1) is 18.8 Å². The molecular formula is C33H30O6. The van der Waals surface area contributed by atoms with Crippen molar-refractivity contribution in [3.63, 3.8) is 0 Å². The minimum absolute atomic E-state index is 0.227. The third-order valence-corrected chi connectivity index (χ3v) is 6.86. The topological polar surface area (TPSA) is 69.8 Å². The van der Waals surface area contributed by atoms with Crippen LogP contribution in [0.1, 0.15) is 21.5 Å². The van der Waals surface area contributed by atoms with E-state index in [0.717, 1.165) is 58.1 Å². The van der Waals surface area contributed by atoms with Crippen molar-refractivity contribution in [1.82, 2.24) is 0 Å². The molecule has 0 saturated carbocycles. The van der Waals surface area contributed by atoms with Gasteiger partial charge >= 0.3 is 5.97 Å². The lowest BCUT2D eigenvalue weighted by Crippen LogP contribution is -2.09. The van der Waals surface area contributed by atoms with Crippen molar-refractivity contribution in [2.45, 2.75) is 26.1 Å². The zero-order valence-corrected chi connectivity index (χ0v) is 22.0. The Morgan fingerprint density at radius 3 is 1.69 bits per heavy atom. The molecule has 198 valence electrons. The van der Waals surface area contributed by atoms with Crippen molar-refractivity contribution in [2.75, 3.05) is 26.4 Å². The summed E-state index contributed by atoms with van der Waals surface area (Å²) in [7, 11) is 0. The Labute approximate surface area is 228 Å². The normalized spacial score (nSPS) is 17.4. The summed E-state index contributed by atoms with van der Waals surface area (Å²) < 4.78 is 27.7. The van der Waals surface area contributed by atoms with Gasteiger partial charge in [0.15, 0.2) is 0 Å². The van der Waals surface area contributed by atoms with Crippen LogP contribution in [0.4, 0.5) is 0 Å². The third kappa shape index (κ3) is 6.30. The summed E-state index contributed by atoms with van der Waals surface area (Å²) in [5.41, 5.74) is 6.63. The van der Waals surface area contributed by atoms with Crippen LogP contribution in [-0.2, 0) is 9.47 Å². The molecule has 0 aliphatic carbocycles. The van der Waals surface area contributed by atoms with Crippen molar-refractivity contribution in [3.8, 4) is 39.5 Å². The van der Waals surface area contributed by atoms with Crippen LogP contribution >= 0.6 is 0 Å². The average molecular weight is 523 g/mol. The monoisotopic (exact) mass is 522 g/mol. The highest BCUT2D eigenvalue weighted by Gasteiger charge is 2.24. The Kier molecular flexibility index (Phi) is 7.05. The van der Waals surface area contributed by atoms with Gasteiger partial charge in [-0.1, -0.05) is 36.4 Å². The Hall–Kier alpha value is -4.13. The van der Waals surface area contributed by atoms with Crippen LogP contribution in [0.2, 0.25) is 0 Å². The molecule has 6 nitrogen and oxygen atoms in total. The Morgan fingerprint density at radius 1 is 0.667 bits per heavy atom. The molecule has 0 radical (unpaired) electrons. The maximum absolute atomic E-state index is 12.9. The van der Waals surface area contributed by atoms with Gasteiger partial charge in [0.25, 0.3) is 0 Å². The molecule has 2 aliphatic heterocycles. The predicted molar refractivity (Wildman–Crippen MR) is 149 cm³/mol. The van der Waals surface area contributed by atoms with Gasteiger partial charge in [-0.3, -0.25) is 0 Å². The Bertz CT molecular complexity index is 1470. The van der Waals surface area contributed by atoms with Gasteiger partial charge in [-0.15, -0.1) is 0 Å². The number of benzene rings is 4. The van der Waals surface area contributed by atoms with E-state index >= 15 is 0 Å². The van der Waals surface area contributed by atoms with Crippen LogP contribution in [-0.4, -0.2) is 44.6 Å². The van der Waals surface area contributed by atoms with E-state index in [4.69, 9.17) is 23.7 Å². The standard InChI is InChI=1S/C33H30O6/c1-21-15-26(9-13-31(21)38-20-30-19-37-30)27-10-14-32(22(2)16-27)39-33(34)25-5-3-23(4-6-25)24-7-11-28(12-8-24)35-17-29-18-36-29/h3-16,29-30H,17-20H2,1-2H3. The molecular weight excluding hydrogens is 492 g/mol. The fourth-order valence-corrected chi connectivity index (χ4v) is 4.34. The Balaban J connectivity index is 1.08. The number of carbonyl (C=O) groups excluding carboxylic acids is 1. The number of hydrogen-bond donors (Lipinski definition) is 0. The molecule has 2 fully saturated rings. The third-order valence-electron chi connectivity index (χ3n) is 6.86. The fourth-order valence-electron chi connectivity index (χ4n) is 4.34. The lowest BCUT2D eigenvalue weighted by atomic mass is 10.0. The predicted octanol–water partition coefficient (Wildman–Crippen LogP) is 6.41. The first-order valence-electron chi connectivity index (χ1n) is 13.1. The molecule has 39 heavy (non-hydrogen) atoms. The summed E-state index contributed by atoms with van der Waals surface area (Å²) >= 11 is 0. The molecule has 4 aromatic rings. The maximum atomic E-state index is 12.9. The zero-order chi connectivity index (χ0) is 26.8. The minimum Gasteiger partial charge on any atom is -0.491 e. The number of ether oxygens (including phenoxy) is 5. The van der Waals surface area contributed by atoms with E-state index in [1.54, 1.807) is 12.1 Å². The second kappa shape index (κ2) is 10.9. The van der Waals surface area contributed by atoms with Crippen LogP contribution in [0.5, 0.6) is 17.2 Å². The number of rotatable bonds is 10. The van der Waals surface area contributed by atoms with E-state index in [2.05, 4.69) is 6.07 Å². The van der Waals surface area contributed by atoms with Crippen LogP contribution in [0, 0.1) is 13.8 Å². The highest BCUT2D eigenvalue weighted by molar-refractivity contribution is 5.92. The molecule has 0 amide bonds. The van der Waals surface area contributed by atoms with Crippen molar-refractivity contribution < 1.29 is 28.5 Å². The summed E-state index contributed by atoms with van der Waals surface area (Å²) in [5.74, 6) is 1.84. The molecule has 0 N–H and O–H groups in total. The van der Waals surface area contributed by atoms with Crippen molar-refractivity contribution in [2.24, 2.45) is 0 Å². The van der Waals surface area contributed by atoms with Gasteiger partial charge in [0, 0.05) is 0 Å². The largest absolute Gasteiger partial charge is 0.491 e. The van der Waals surface area contributed by atoms with E-state index in [-0.39, 0.29) is 18.2 Å². The van der Waals surface area contributed by atoms with Crippen molar-refractivity contribution in [1.29, 1.82) is 0 Å². The van der Waals surface area contributed by atoms with Gasteiger partial charge in [0.2, 0.25) is 0 Å². The van der Waals surface area contributed by atoms with Crippen LogP contribution < -0.4 is 14.2 Å². The number of epoxide rings is 2. The van der Waals surface area contributed by atoms with Gasteiger partial charge in [-0.25, -0.2) is 4.79 Å². The van der Waals surface area contributed by atoms with Gasteiger partial charge in [0.1, 0.15) is 42.7 Å². The lowest BCUT2D eigenvalue weighted by molar-refractivity contribution is 0.0733. The summed E-state index contributed by atoms with van der Waals surface area (Å²) in [6, 6.07) is 27.3. The average Bonchev–Trinajstić information content (AvgIpc) is 3.88. The first kappa shape index (κ1) is 25.2. The molecule has 2 unspecified atom stereocenters. The number of aryl methyl sites for hydroxylation is 2. The molecule has 2 atom stereocenters. The van der Waals surface area contributed by atoms with E-state index in [1.807, 2.05) is 80.6 Å². The number of hydrogen-bond acceptors (Lipinski definition) is 6. The minimum atomic E-state index is -0.388. The Morgan fingerprint density at radius 2 is 1.15 bits per heavy atom. The van der Waals surface area contributed by atoms with E-state index in [9.17, 15) is 4.79 Å². The second-order valence-corrected chi connectivity index (χ2v) is 9.98. The number of esters is 1. The SMILES string of the molecule is Cc1cc(-c2ccc(OC(=O)c3ccc(-c4ccc(OCC5CO5)cc4)cc3)c(C)c2)ccc1OCC1CO1. The van der Waals surface area contributed by atoms with Gasteiger partial charge in [-0.2, -0.15) is 0 Å². The molecule has 2 heterocycles. The smallest absolute Gasteiger partial charge is 0.343 e. The first-order chi connectivity index (χ1) is 19.0. The van der Waals surface area contributed by atoms with Crippen LogP contribution in [0.15, 0.2) is 84.9 Å². The van der Waals surface area contributed by atoms with E-state index < -0.39 is 0 Å². The molecule has 0 spiro atoms. The first-order valence-corrected chi connectivity index (χ1v) is 13.1. The summed E-state index contributed by atoms with van der Waals surface area (Å²) in [6.45, 7) is 6.70. The fraction of sp³-hybridized carbons (Fsp3) is 0.242. The molecule has 6 rings (SSSR count). The second-order valence-electron chi connectivity index (χ2n) is 9.98. The molecule has 0 aromatic heterocycles. The van der Waals surface area contributed by atoms with Gasteiger partial charge in [-0.05, 0) is 95.8 Å². The lowest BCUT2D eigenvalue weighted by Gasteiger charge is -2.12. The quantitative estimate of drug-likeness (QED) is 0.136. The summed E-state index contributed by atoms with van der Waals surface area (Å²) in [6.07, 6.45) is 0.457. The molecule has 4 aromatic carbocycles. The summed E-state index contributed by atoms with van der Waals surface area (Å²) in [4.78, 5) is 12.9. The van der Waals surface area contributed by atoms with E-state index in [0.29, 0.717) is 24.5 Å². The number of carbonyl (C=O) groups is 1.